The number of nitriles is 1. The normalized spacial score (nSPS) is 13.5. The van der Waals surface area contributed by atoms with E-state index in [-0.39, 0.29) is 5.91 Å². The van der Waals surface area contributed by atoms with Gasteiger partial charge in [-0.2, -0.15) is 5.26 Å². The summed E-state index contributed by atoms with van der Waals surface area (Å²) in [5, 5.41) is 18.9. The highest BCUT2D eigenvalue weighted by Gasteiger charge is 2.18. The molecule has 184 valence electrons. The van der Waals surface area contributed by atoms with Crippen LogP contribution in [0.25, 0.3) is 0 Å². The maximum absolute atomic E-state index is 12.2. The highest BCUT2D eigenvalue weighted by atomic mass is 16.1. The zero-order chi connectivity index (χ0) is 25.3. The molecule has 2 aromatic heterocycles. The van der Waals surface area contributed by atoms with Crippen molar-refractivity contribution in [3.8, 4) is 6.07 Å². The van der Waals surface area contributed by atoms with E-state index < -0.39 is 0 Å². The standard InChI is InChI=1S/C26H29N9O/c1-3-26(36)33-24-11-21(35-9-7-34(4-2)8-10-35)5-6-22(24)32-25-12-23(20(13-27)17-31-25)30-16-19-14-28-18-29-15-19/h3,5-6,11-12,14-15,17-18H,1,4,7-10,16H2,2H3,(H,33,36)(H2,30,31,32). The lowest BCUT2D eigenvalue weighted by atomic mass is 10.2. The number of anilines is 5. The van der Waals surface area contributed by atoms with Crippen LogP contribution in [0.1, 0.15) is 18.1 Å². The maximum atomic E-state index is 12.2. The van der Waals surface area contributed by atoms with Gasteiger partial charge in [-0.1, -0.05) is 13.5 Å². The van der Waals surface area contributed by atoms with Crippen molar-refractivity contribution in [3.05, 3.63) is 73.0 Å². The molecular weight excluding hydrogens is 454 g/mol. The summed E-state index contributed by atoms with van der Waals surface area (Å²) in [6.45, 7) is 11.1. The first kappa shape index (κ1) is 24.6. The van der Waals surface area contributed by atoms with Crippen LogP contribution in [0.2, 0.25) is 0 Å². The van der Waals surface area contributed by atoms with Gasteiger partial charge in [0.2, 0.25) is 5.91 Å². The molecular formula is C26H29N9O. The molecule has 10 nitrogen and oxygen atoms in total. The van der Waals surface area contributed by atoms with Crippen LogP contribution in [0.3, 0.4) is 0 Å². The number of nitrogens with one attached hydrogen (secondary N) is 3. The molecule has 1 aliphatic heterocycles. The van der Waals surface area contributed by atoms with E-state index in [4.69, 9.17) is 0 Å². The van der Waals surface area contributed by atoms with Gasteiger partial charge in [0.15, 0.2) is 0 Å². The number of rotatable bonds is 9. The third kappa shape index (κ3) is 6.14. The summed E-state index contributed by atoms with van der Waals surface area (Å²) in [6.07, 6.45) is 7.65. The fourth-order valence-electron chi connectivity index (χ4n) is 3.96. The van der Waals surface area contributed by atoms with E-state index in [1.807, 2.05) is 18.2 Å². The quantitative estimate of drug-likeness (QED) is 0.393. The van der Waals surface area contributed by atoms with E-state index in [0.29, 0.717) is 35.0 Å². The van der Waals surface area contributed by atoms with E-state index in [0.717, 1.165) is 44.0 Å². The summed E-state index contributed by atoms with van der Waals surface area (Å²) in [6, 6.07) is 9.84. The second-order valence-corrected chi connectivity index (χ2v) is 8.30. The zero-order valence-electron chi connectivity index (χ0n) is 20.2. The Morgan fingerprint density at radius 3 is 2.58 bits per heavy atom. The number of pyridine rings is 1. The fourth-order valence-corrected chi connectivity index (χ4v) is 3.96. The van der Waals surface area contributed by atoms with E-state index in [9.17, 15) is 10.1 Å². The van der Waals surface area contributed by atoms with Gasteiger partial charge in [-0.05, 0) is 30.8 Å². The average Bonchev–Trinajstić information content (AvgIpc) is 2.93. The number of hydrogen-bond acceptors (Lipinski definition) is 9. The number of nitrogens with zero attached hydrogens (tertiary/aromatic N) is 6. The summed E-state index contributed by atoms with van der Waals surface area (Å²) in [7, 11) is 0. The molecule has 3 aromatic rings. The van der Waals surface area contributed by atoms with Crippen LogP contribution in [-0.2, 0) is 11.3 Å². The predicted molar refractivity (Wildman–Crippen MR) is 141 cm³/mol. The smallest absolute Gasteiger partial charge is 0.247 e. The molecule has 0 spiro atoms. The molecule has 1 fully saturated rings. The highest BCUT2D eigenvalue weighted by molar-refractivity contribution is 6.02. The monoisotopic (exact) mass is 483 g/mol. The van der Waals surface area contributed by atoms with Crippen LogP contribution < -0.4 is 20.9 Å². The van der Waals surface area contributed by atoms with Crippen molar-refractivity contribution < 1.29 is 4.79 Å². The van der Waals surface area contributed by atoms with Crippen LogP contribution in [-0.4, -0.2) is 58.5 Å². The van der Waals surface area contributed by atoms with Crippen molar-refractivity contribution in [1.29, 1.82) is 5.26 Å². The Morgan fingerprint density at radius 1 is 1.11 bits per heavy atom. The molecule has 4 rings (SSSR count). The number of carbonyl (C=O) groups is 1. The van der Waals surface area contributed by atoms with Crippen molar-refractivity contribution in [2.24, 2.45) is 0 Å². The largest absolute Gasteiger partial charge is 0.380 e. The summed E-state index contributed by atoms with van der Waals surface area (Å²) in [5.41, 5.74) is 4.27. The van der Waals surface area contributed by atoms with Crippen molar-refractivity contribution in [1.82, 2.24) is 19.9 Å². The van der Waals surface area contributed by atoms with Crippen LogP contribution >= 0.6 is 0 Å². The Bertz CT molecular complexity index is 1250. The fraction of sp³-hybridized carbons (Fsp3) is 0.269. The first-order valence-corrected chi connectivity index (χ1v) is 11.8. The van der Waals surface area contributed by atoms with Crippen molar-refractivity contribution in [3.63, 3.8) is 0 Å². The predicted octanol–water partition coefficient (Wildman–Crippen LogP) is 3.37. The number of hydrogen-bond donors (Lipinski definition) is 3. The molecule has 1 amide bonds. The van der Waals surface area contributed by atoms with Crippen LogP contribution in [0.15, 0.2) is 61.8 Å². The lowest BCUT2D eigenvalue weighted by Crippen LogP contribution is -2.46. The second-order valence-electron chi connectivity index (χ2n) is 8.30. The molecule has 10 heteroatoms. The lowest BCUT2D eigenvalue weighted by molar-refractivity contribution is -0.111. The average molecular weight is 484 g/mol. The number of aromatic nitrogens is 3. The van der Waals surface area contributed by atoms with Crippen LogP contribution in [0, 0.1) is 11.3 Å². The van der Waals surface area contributed by atoms with Gasteiger partial charge in [0.25, 0.3) is 0 Å². The number of likely N-dealkylation sites (N-methyl/N-ethyl adjacent to an activating group) is 1. The number of carbonyl (C=O) groups excluding carboxylic acids is 1. The minimum absolute atomic E-state index is 0.300. The third-order valence-corrected chi connectivity index (χ3v) is 6.02. The van der Waals surface area contributed by atoms with Gasteiger partial charge in [-0.25, -0.2) is 15.0 Å². The molecule has 1 aliphatic rings. The highest BCUT2D eigenvalue weighted by Crippen LogP contribution is 2.31. The Labute approximate surface area is 210 Å². The molecule has 0 unspecified atom stereocenters. The summed E-state index contributed by atoms with van der Waals surface area (Å²) in [4.78, 5) is 29.3. The van der Waals surface area contributed by atoms with E-state index in [1.165, 1.54) is 18.6 Å². The number of benzene rings is 1. The first-order valence-electron chi connectivity index (χ1n) is 11.8. The minimum Gasteiger partial charge on any atom is -0.380 e. The number of piperazine rings is 1. The summed E-state index contributed by atoms with van der Waals surface area (Å²) >= 11 is 0. The van der Waals surface area contributed by atoms with Crippen molar-refractivity contribution in [2.45, 2.75) is 13.5 Å². The third-order valence-electron chi connectivity index (χ3n) is 6.02. The molecule has 0 saturated carbocycles. The Morgan fingerprint density at radius 2 is 1.89 bits per heavy atom. The molecule has 0 radical (unpaired) electrons. The summed E-state index contributed by atoms with van der Waals surface area (Å²) in [5.74, 6) is 0.227. The molecule has 0 bridgehead atoms. The molecule has 1 saturated heterocycles. The van der Waals surface area contributed by atoms with Crippen molar-refractivity contribution in [2.75, 3.05) is 53.6 Å². The van der Waals surface area contributed by atoms with E-state index in [2.05, 4.69) is 60.3 Å². The van der Waals surface area contributed by atoms with Crippen LogP contribution in [0.5, 0.6) is 0 Å². The molecule has 0 aliphatic carbocycles. The Balaban J connectivity index is 1.56. The molecule has 3 heterocycles. The van der Waals surface area contributed by atoms with Crippen LogP contribution in [0.4, 0.5) is 28.6 Å². The van der Waals surface area contributed by atoms with Crippen molar-refractivity contribution >= 4 is 34.5 Å². The Hall–Kier alpha value is -4.49. The van der Waals surface area contributed by atoms with E-state index >= 15 is 0 Å². The SMILES string of the molecule is C=CC(=O)Nc1cc(N2CCN(CC)CC2)ccc1Nc1cc(NCc2cncnc2)c(C#N)cn1. The number of amides is 1. The zero-order valence-corrected chi connectivity index (χ0v) is 20.2. The van der Waals surface area contributed by atoms with Gasteiger partial charge < -0.3 is 25.8 Å². The van der Waals surface area contributed by atoms with Gasteiger partial charge in [0.05, 0.1) is 22.6 Å². The first-order chi connectivity index (χ1) is 17.6. The van der Waals surface area contributed by atoms with Gasteiger partial charge in [0, 0.05) is 68.6 Å². The van der Waals surface area contributed by atoms with Gasteiger partial charge in [-0.15, -0.1) is 0 Å². The lowest BCUT2D eigenvalue weighted by Gasteiger charge is -2.35. The molecule has 1 aromatic carbocycles. The van der Waals surface area contributed by atoms with E-state index in [1.54, 1.807) is 18.5 Å². The molecule has 36 heavy (non-hydrogen) atoms. The summed E-state index contributed by atoms with van der Waals surface area (Å²) < 4.78 is 0. The second kappa shape index (κ2) is 11.8. The molecule has 0 atom stereocenters. The van der Waals surface area contributed by atoms with Gasteiger partial charge in [0.1, 0.15) is 18.2 Å². The maximum Gasteiger partial charge on any atom is 0.247 e. The van der Waals surface area contributed by atoms with Gasteiger partial charge in [-0.3, -0.25) is 4.79 Å². The minimum atomic E-state index is -0.300. The molecule has 3 N–H and O–H groups in total. The van der Waals surface area contributed by atoms with Gasteiger partial charge >= 0.3 is 0 Å². The Kier molecular flexibility index (Phi) is 8.05. The topological polar surface area (TPSA) is 122 Å².